The van der Waals surface area contributed by atoms with Crippen molar-refractivity contribution < 1.29 is 8.83 Å². The van der Waals surface area contributed by atoms with Crippen LogP contribution in [0.3, 0.4) is 0 Å². The summed E-state index contributed by atoms with van der Waals surface area (Å²) < 4.78 is 15.7. The molecule has 0 fully saturated rings. The Balaban J connectivity index is 1.08. The van der Waals surface area contributed by atoms with E-state index in [-0.39, 0.29) is 5.41 Å². The molecular formula is C57H38N2O2. The fourth-order valence-electron chi connectivity index (χ4n) is 10.4. The molecule has 3 aromatic heterocycles. The van der Waals surface area contributed by atoms with E-state index in [0.717, 1.165) is 77.8 Å². The summed E-state index contributed by atoms with van der Waals surface area (Å²) in [5.74, 6) is 0. The van der Waals surface area contributed by atoms with Crippen LogP contribution in [0.5, 0.6) is 0 Å². The standard InChI is InChI=1S/C57H38N2O2/c1-57(2)43-20-9-6-18-39(43)54-44(57)21-12-23-47(54)59(48-24-13-27-52-55(48)40-19-8-11-26-50(40)60-52)49-25-14-28-53-56(49)42-34-36(30-32-51(42)61-53)35-29-31-46-41(33-35)38-17-7-10-22-45(38)58(46)37-15-4-3-5-16-37/h3-34H,1-2H3. The van der Waals surface area contributed by atoms with Gasteiger partial charge >= 0.3 is 0 Å². The van der Waals surface area contributed by atoms with Gasteiger partial charge in [0.05, 0.1) is 38.9 Å². The SMILES string of the molecule is CC1(C)c2ccccc2-c2c(N(c3cccc4oc5ccccc5c34)c3cccc4oc5ccc(-c6ccc7c(c6)c6ccccc6n7-c6ccccc6)cc5c34)cccc21. The minimum Gasteiger partial charge on any atom is -0.456 e. The molecule has 0 unspecified atom stereocenters. The number of nitrogens with zero attached hydrogens (tertiary/aromatic N) is 2. The van der Waals surface area contributed by atoms with Crippen LogP contribution >= 0.6 is 0 Å². The summed E-state index contributed by atoms with van der Waals surface area (Å²) in [6.07, 6.45) is 0. The lowest BCUT2D eigenvalue weighted by molar-refractivity contribution is 0.660. The maximum absolute atomic E-state index is 6.76. The van der Waals surface area contributed by atoms with Crippen molar-refractivity contribution in [2.24, 2.45) is 0 Å². The second-order valence-corrected chi connectivity index (χ2v) is 16.8. The van der Waals surface area contributed by atoms with Gasteiger partial charge in [0.2, 0.25) is 0 Å². The summed E-state index contributed by atoms with van der Waals surface area (Å²) >= 11 is 0. The molecule has 4 nitrogen and oxygen atoms in total. The Kier molecular flexibility index (Phi) is 7.04. The van der Waals surface area contributed by atoms with Crippen molar-refractivity contribution in [1.82, 2.24) is 4.57 Å². The summed E-state index contributed by atoms with van der Waals surface area (Å²) in [6.45, 7) is 4.69. The summed E-state index contributed by atoms with van der Waals surface area (Å²) in [6, 6.07) is 69.9. The third kappa shape index (κ3) is 4.82. The lowest BCUT2D eigenvalue weighted by Crippen LogP contribution is -2.16. The van der Waals surface area contributed by atoms with Crippen molar-refractivity contribution in [2.45, 2.75) is 19.3 Å². The van der Waals surface area contributed by atoms with Crippen LogP contribution < -0.4 is 4.90 Å². The van der Waals surface area contributed by atoms with Crippen molar-refractivity contribution in [3.05, 3.63) is 205 Å². The molecular weight excluding hydrogens is 745 g/mol. The van der Waals surface area contributed by atoms with Crippen LogP contribution in [0, 0.1) is 0 Å². The molecule has 9 aromatic carbocycles. The zero-order chi connectivity index (χ0) is 40.4. The number of anilines is 3. The molecule has 0 amide bonds. The molecule has 0 saturated carbocycles. The fourth-order valence-corrected chi connectivity index (χ4v) is 10.4. The highest BCUT2D eigenvalue weighted by atomic mass is 16.3. The number of furan rings is 2. The van der Waals surface area contributed by atoms with Crippen molar-refractivity contribution >= 4 is 82.7 Å². The monoisotopic (exact) mass is 782 g/mol. The van der Waals surface area contributed by atoms with E-state index < -0.39 is 0 Å². The Labute approximate surface area is 352 Å². The second kappa shape index (κ2) is 12.6. The smallest absolute Gasteiger partial charge is 0.137 e. The van der Waals surface area contributed by atoms with Gasteiger partial charge in [-0.1, -0.05) is 129 Å². The lowest BCUT2D eigenvalue weighted by Gasteiger charge is -2.30. The van der Waals surface area contributed by atoms with Crippen molar-refractivity contribution in [2.75, 3.05) is 4.90 Å². The van der Waals surface area contributed by atoms with E-state index in [1.54, 1.807) is 0 Å². The van der Waals surface area contributed by atoms with E-state index in [1.807, 2.05) is 6.07 Å². The molecule has 13 rings (SSSR count). The predicted octanol–water partition coefficient (Wildman–Crippen LogP) is 16.0. The third-order valence-corrected chi connectivity index (χ3v) is 13.2. The highest BCUT2D eigenvalue weighted by Crippen LogP contribution is 2.56. The molecule has 3 heterocycles. The minimum absolute atomic E-state index is 0.167. The first-order valence-electron chi connectivity index (χ1n) is 21.0. The lowest BCUT2D eigenvalue weighted by atomic mass is 9.82. The summed E-state index contributed by atoms with van der Waals surface area (Å²) in [5.41, 5.74) is 17.5. The molecule has 0 N–H and O–H groups in total. The predicted molar refractivity (Wildman–Crippen MR) is 253 cm³/mol. The van der Waals surface area contributed by atoms with Crippen LogP contribution in [0.2, 0.25) is 0 Å². The Morgan fingerprint density at radius 2 is 0.967 bits per heavy atom. The Morgan fingerprint density at radius 3 is 1.77 bits per heavy atom. The van der Waals surface area contributed by atoms with E-state index >= 15 is 0 Å². The van der Waals surface area contributed by atoms with Gasteiger partial charge in [0.15, 0.2) is 0 Å². The molecule has 1 aliphatic carbocycles. The van der Waals surface area contributed by atoms with Gasteiger partial charge in [-0.3, -0.25) is 0 Å². The molecule has 0 radical (unpaired) electrons. The summed E-state index contributed by atoms with van der Waals surface area (Å²) in [7, 11) is 0. The fraction of sp³-hybridized carbons (Fsp3) is 0.0526. The zero-order valence-corrected chi connectivity index (χ0v) is 33.7. The number of fused-ring (bicyclic) bond motifs is 12. The van der Waals surface area contributed by atoms with E-state index in [0.29, 0.717) is 0 Å². The number of benzene rings is 9. The molecule has 288 valence electrons. The number of aromatic nitrogens is 1. The molecule has 0 bridgehead atoms. The third-order valence-electron chi connectivity index (χ3n) is 13.2. The molecule has 12 aromatic rings. The minimum atomic E-state index is -0.167. The van der Waals surface area contributed by atoms with Crippen molar-refractivity contribution in [3.8, 4) is 27.9 Å². The quantitative estimate of drug-likeness (QED) is 0.174. The van der Waals surface area contributed by atoms with Crippen LogP contribution in [-0.4, -0.2) is 4.57 Å². The average Bonchev–Trinajstić information content (AvgIpc) is 4.04. The first-order chi connectivity index (χ1) is 30.0. The van der Waals surface area contributed by atoms with Crippen LogP contribution in [0.15, 0.2) is 203 Å². The topological polar surface area (TPSA) is 34.5 Å². The van der Waals surface area contributed by atoms with E-state index in [9.17, 15) is 0 Å². The van der Waals surface area contributed by atoms with Gasteiger partial charge in [-0.05, 0) is 107 Å². The molecule has 4 heteroatoms. The van der Waals surface area contributed by atoms with Crippen LogP contribution in [-0.2, 0) is 5.41 Å². The van der Waals surface area contributed by atoms with Gasteiger partial charge in [-0.15, -0.1) is 0 Å². The van der Waals surface area contributed by atoms with Crippen molar-refractivity contribution in [1.29, 1.82) is 0 Å². The summed E-state index contributed by atoms with van der Waals surface area (Å²) in [5, 5.41) is 6.75. The van der Waals surface area contributed by atoms with Gasteiger partial charge in [0, 0.05) is 38.2 Å². The molecule has 0 atom stereocenters. The first kappa shape index (κ1) is 34.1. The molecule has 0 saturated heterocycles. The molecule has 61 heavy (non-hydrogen) atoms. The number of hydrogen-bond acceptors (Lipinski definition) is 3. The van der Waals surface area contributed by atoms with Gasteiger partial charge in [-0.2, -0.15) is 0 Å². The normalized spacial score (nSPS) is 13.2. The highest BCUT2D eigenvalue weighted by molar-refractivity contribution is 6.19. The second-order valence-electron chi connectivity index (χ2n) is 16.8. The Morgan fingerprint density at radius 1 is 0.410 bits per heavy atom. The molecule has 1 aliphatic rings. The van der Waals surface area contributed by atoms with Gasteiger partial charge in [0.1, 0.15) is 22.3 Å². The Hall–Kier alpha value is -7.82. The molecule has 0 aliphatic heterocycles. The number of rotatable bonds is 5. The van der Waals surface area contributed by atoms with Crippen molar-refractivity contribution in [3.63, 3.8) is 0 Å². The highest BCUT2D eigenvalue weighted by Gasteiger charge is 2.38. The van der Waals surface area contributed by atoms with Gasteiger partial charge in [-0.25, -0.2) is 0 Å². The van der Waals surface area contributed by atoms with Crippen LogP contribution in [0.4, 0.5) is 17.1 Å². The van der Waals surface area contributed by atoms with E-state index in [1.165, 1.54) is 44.1 Å². The maximum Gasteiger partial charge on any atom is 0.137 e. The van der Waals surface area contributed by atoms with E-state index in [4.69, 9.17) is 8.83 Å². The maximum atomic E-state index is 6.76. The van der Waals surface area contributed by atoms with E-state index in [2.05, 4.69) is 211 Å². The number of hydrogen-bond donors (Lipinski definition) is 0. The van der Waals surface area contributed by atoms with Crippen LogP contribution in [0.25, 0.3) is 93.6 Å². The van der Waals surface area contributed by atoms with Gasteiger partial charge in [0.25, 0.3) is 0 Å². The summed E-state index contributed by atoms with van der Waals surface area (Å²) in [4.78, 5) is 2.47. The first-order valence-corrected chi connectivity index (χ1v) is 21.0. The Bertz CT molecular complexity index is 3750. The van der Waals surface area contributed by atoms with Gasteiger partial charge < -0.3 is 18.3 Å². The largest absolute Gasteiger partial charge is 0.456 e. The average molecular weight is 783 g/mol. The van der Waals surface area contributed by atoms with Crippen LogP contribution in [0.1, 0.15) is 25.0 Å². The number of para-hydroxylation sites is 3. The zero-order valence-electron chi connectivity index (χ0n) is 33.7. The molecule has 0 spiro atoms.